The molecular weight excluding hydrogens is 430 g/mol. The number of hydrogen-bond acceptors (Lipinski definition) is 6. The standard InChI is InChI=1S/C27H39N3O4/c1-9-11-16-32-26(31)34-18-33-25(24-19(3)20(4)29-30(24)10-2)23(17-28-8)21-12-14-22(15-13-21)27(5,6)7/h12-15,17H,9-11,16,18H2,1-8H3/b25-23-,28-17-. The molecule has 0 aliphatic heterocycles. The topological polar surface area (TPSA) is 74.9 Å². The van der Waals surface area contributed by atoms with Crippen molar-refractivity contribution in [2.75, 3.05) is 20.4 Å². The van der Waals surface area contributed by atoms with E-state index in [0.29, 0.717) is 18.9 Å². The second-order valence-corrected chi connectivity index (χ2v) is 9.19. The third-order valence-corrected chi connectivity index (χ3v) is 5.60. The van der Waals surface area contributed by atoms with Gasteiger partial charge in [0, 0.05) is 30.9 Å². The molecule has 186 valence electrons. The number of unbranched alkanes of at least 4 members (excludes halogenated alkanes) is 1. The Morgan fingerprint density at radius 3 is 2.32 bits per heavy atom. The fourth-order valence-electron chi connectivity index (χ4n) is 3.48. The number of allylic oxidation sites excluding steroid dienone is 1. The van der Waals surface area contributed by atoms with Crippen molar-refractivity contribution in [2.24, 2.45) is 4.99 Å². The second kappa shape index (κ2) is 12.4. The number of aryl methyl sites for hydroxylation is 2. The van der Waals surface area contributed by atoms with Gasteiger partial charge in [-0.25, -0.2) is 4.79 Å². The van der Waals surface area contributed by atoms with E-state index in [1.807, 2.05) is 32.4 Å². The van der Waals surface area contributed by atoms with Crippen molar-refractivity contribution in [3.05, 3.63) is 52.3 Å². The summed E-state index contributed by atoms with van der Waals surface area (Å²) in [4.78, 5) is 16.2. The molecule has 0 radical (unpaired) electrons. The van der Waals surface area contributed by atoms with Gasteiger partial charge in [-0.1, -0.05) is 58.4 Å². The summed E-state index contributed by atoms with van der Waals surface area (Å²) in [5.41, 5.74) is 5.74. The summed E-state index contributed by atoms with van der Waals surface area (Å²) >= 11 is 0. The van der Waals surface area contributed by atoms with E-state index in [4.69, 9.17) is 14.2 Å². The second-order valence-electron chi connectivity index (χ2n) is 9.19. The molecular formula is C27H39N3O4. The predicted molar refractivity (Wildman–Crippen MR) is 137 cm³/mol. The van der Waals surface area contributed by atoms with Gasteiger partial charge in [-0.05, 0) is 43.7 Å². The number of aromatic nitrogens is 2. The first-order valence-electron chi connectivity index (χ1n) is 11.9. The summed E-state index contributed by atoms with van der Waals surface area (Å²) in [6, 6.07) is 8.37. The van der Waals surface area contributed by atoms with Gasteiger partial charge < -0.3 is 14.2 Å². The Bertz CT molecular complexity index is 1010. The number of benzene rings is 1. The molecule has 0 fully saturated rings. The van der Waals surface area contributed by atoms with Crippen molar-refractivity contribution >= 4 is 23.7 Å². The molecule has 0 saturated heterocycles. The predicted octanol–water partition coefficient (Wildman–Crippen LogP) is 6.31. The van der Waals surface area contributed by atoms with Crippen LogP contribution in [0.1, 0.15) is 75.5 Å². The zero-order chi connectivity index (χ0) is 25.3. The van der Waals surface area contributed by atoms with Crippen LogP contribution in [0.25, 0.3) is 11.3 Å². The maximum absolute atomic E-state index is 11.9. The highest BCUT2D eigenvalue weighted by Crippen LogP contribution is 2.31. The normalized spacial score (nSPS) is 12.6. The van der Waals surface area contributed by atoms with E-state index < -0.39 is 6.16 Å². The van der Waals surface area contributed by atoms with Crippen molar-refractivity contribution in [3.8, 4) is 0 Å². The van der Waals surface area contributed by atoms with E-state index in [9.17, 15) is 4.79 Å². The number of hydrogen-bond donors (Lipinski definition) is 0. The average molecular weight is 470 g/mol. The van der Waals surface area contributed by atoms with E-state index >= 15 is 0 Å². The smallest absolute Gasteiger partial charge is 0.454 e. The Morgan fingerprint density at radius 2 is 1.76 bits per heavy atom. The highest BCUT2D eigenvalue weighted by molar-refractivity contribution is 6.18. The first-order valence-corrected chi connectivity index (χ1v) is 11.9. The van der Waals surface area contributed by atoms with Gasteiger partial charge in [0.15, 0.2) is 5.76 Å². The van der Waals surface area contributed by atoms with E-state index in [0.717, 1.165) is 40.9 Å². The third-order valence-electron chi connectivity index (χ3n) is 5.60. The molecule has 0 atom stereocenters. The van der Waals surface area contributed by atoms with Crippen molar-refractivity contribution in [1.82, 2.24) is 9.78 Å². The third kappa shape index (κ3) is 6.95. The molecule has 2 rings (SSSR count). The maximum atomic E-state index is 11.9. The largest absolute Gasteiger partial charge is 0.511 e. The van der Waals surface area contributed by atoms with Crippen LogP contribution in [-0.2, 0) is 26.2 Å². The fourth-order valence-corrected chi connectivity index (χ4v) is 3.48. The SMILES string of the molecule is CCCCOC(=O)OCO/C(=C(/C=N\C)c1ccc(C(C)(C)C)cc1)c1c(C)c(C)nn1CC. The Labute approximate surface area is 203 Å². The molecule has 34 heavy (non-hydrogen) atoms. The number of carbonyl (C=O) groups excluding carboxylic acids is 1. The highest BCUT2D eigenvalue weighted by atomic mass is 16.8. The molecule has 0 unspecified atom stereocenters. The molecule has 0 saturated carbocycles. The van der Waals surface area contributed by atoms with Crippen LogP contribution >= 0.6 is 0 Å². The number of rotatable bonds is 10. The molecule has 1 aromatic carbocycles. The summed E-state index contributed by atoms with van der Waals surface area (Å²) in [7, 11) is 1.72. The van der Waals surface area contributed by atoms with Crippen molar-refractivity contribution in [3.63, 3.8) is 0 Å². The molecule has 7 nitrogen and oxygen atoms in total. The molecule has 0 amide bonds. The minimum Gasteiger partial charge on any atom is -0.454 e. The van der Waals surface area contributed by atoms with Crippen LogP contribution in [0, 0.1) is 13.8 Å². The summed E-state index contributed by atoms with van der Waals surface area (Å²) in [5.74, 6) is 0.551. The fraction of sp³-hybridized carbons (Fsp3) is 0.519. The number of nitrogens with zero attached hydrogens (tertiary/aromatic N) is 3. The average Bonchev–Trinajstić information content (AvgIpc) is 3.08. The van der Waals surface area contributed by atoms with Crippen LogP contribution in [0.4, 0.5) is 4.79 Å². The molecule has 1 heterocycles. The van der Waals surface area contributed by atoms with Crippen molar-refractivity contribution in [2.45, 2.75) is 73.3 Å². The summed E-state index contributed by atoms with van der Waals surface area (Å²) in [6.07, 6.45) is 2.74. The lowest BCUT2D eigenvalue weighted by atomic mass is 9.86. The highest BCUT2D eigenvalue weighted by Gasteiger charge is 2.22. The lowest BCUT2D eigenvalue weighted by Crippen LogP contribution is -2.14. The Kier molecular flexibility index (Phi) is 9.90. The van der Waals surface area contributed by atoms with E-state index in [-0.39, 0.29) is 12.2 Å². The Balaban J connectivity index is 2.51. The van der Waals surface area contributed by atoms with Gasteiger partial charge in [-0.15, -0.1) is 0 Å². The zero-order valence-corrected chi connectivity index (χ0v) is 21.9. The minimum absolute atomic E-state index is 0.0427. The monoisotopic (exact) mass is 469 g/mol. The molecule has 7 heteroatoms. The quantitative estimate of drug-likeness (QED) is 0.134. The molecule has 1 aromatic heterocycles. The van der Waals surface area contributed by atoms with Crippen molar-refractivity contribution in [1.29, 1.82) is 0 Å². The van der Waals surface area contributed by atoms with Crippen LogP contribution in [0.2, 0.25) is 0 Å². The van der Waals surface area contributed by atoms with Gasteiger partial charge in [-0.3, -0.25) is 9.67 Å². The van der Waals surface area contributed by atoms with Gasteiger partial charge >= 0.3 is 6.16 Å². The van der Waals surface area contributed by atoms with Crippen LogP contribution < -0.4 is 0 Å². The molecule has 2 aromatic rings. The first kappa shape index (κ1) is 27.2. The van der Waals surface area contributed by atoms with Crippen LogP contribution in [-0.4, -0.2) is 42.6 Å². The minimum atomic E-state index is -0.745. The zero-order valence-electron chi connectivity index (χ0n) is 21.9. The van der Waals surface area contributed by atoms with Crippen LogP contribution in [0.15, 0.2) is 29.3 Å². The van der Waals surface area contributed by atoms with Gasteiger partial charge in [-0.2, -0.15) is 5.10 Å². The van der Waals surface area contributed by atoms with E-state index in [1.165, 1.54) is 5.56 Å². The van der Waals surface area contributed by atoms with Gasteiger partial charge in [0.2, 0.25) is 6.79 Å². The van der Waals surface area contributed by atoms with Crippen LogP contribution in [0.5, 0.6) is 0 Å². The summed E-state index contributed by atoms with van der Waals surface area (Å²) in [5, 5.41) is 4.65. The molecule has 0 bridgehead atoms. The molecule has 0 aliphatic carbocycles. The number of carbonyl (C=O) groups is 1. The van der Waals surface area contributed by atoms with Gasteiger partial charge in [0.25, 0.3) is 0 Å². The maximum Gasteiger partial charge on any atom is 0.511 e. The lowest BCUT2D eigenvalue weighted by Gasteiger charge is -2.20. The molecule has 0 aliphatic rings. The Morgan fingerprint density at radius 1 is 1.09 bits per heavy atom. The van der Waals surface area contributed by atoms with Crippen molar-refractivity contribution < 1.29 is 19.0 Å². The van der Waals surface area contributed by atoms with Gasteiger partial charge in [0.05, 0.1) is 12.3 Å². The van der Waals surface area contributed by atoms with Gasteiger partial charge in [0.1, 0.15) is 5.69 Å². The number of aliphatic imine (C=N–C) groups is 1. The van der Waals surface area contributed by atoms with E-state index in [2.05, 4.69) is 55.1 Å². The van der Waals surface area contributed by atoms with E-state index in [1.54, 1.807) is 13.3 Å². The molecule has 0 N–H and O–H groups in total. The molecule has 0 spiro atoms. The Hall–Kier alpha value is -3.09. The lowest BCUT2D eigenvalue weighted by molar-refractivity contribution is -0.00602. The van der Waals surface area contributed by atoms with Crippen LogP contribution in [0.3, 0.4) is 0 Å². The number of ether oxygens (including phenoxy) is 3. The first-order chi connectivity index (χ1) is 16.1. The summed E-state index contributed by atoms with van der Waals surface area (Å²) < 4.78 is 18.3. The summed E-state index contributed by atoms with van der Waals surface area (Å²) in [6.45, 7) is 15.3.